The van der Waals surface area contributed by atoms with Crippen LogP contribution in [0, 0.1) is 0 Å². The Balaban J connectivity index is 2.66. The summed E-state index contributed by atoms with van der Waals surface area (Å²) in [5, 5.41) is 0.594. The lowest BCUT2D eigenvalue weighted by atomic mass is 10.3. The quantitative estimate of drug-likeness (QED) is 0.792. The molecule has 1 aromatic rings. The van der Waals surface area contributed by atoms with E-state index >= 15 is 0 Å². The lowest BCUT2D eigenvalue weighted by Gasteiger charge is -2.18. The standard InChI is InChI=1S/C11H14ClNO2/c1-8(11(14)13(2)3)15-10-6-4-5-9(12)7-10/h4-8H,1-3H3/t8-/m0/s1. The van der Waals surface area contributed by atoms with Gasteiger partial charge >= 0.3 is 0 Å². The second kappa shape index (κ2) is 5.03. The van der Waals surface area contributed by atoms with Crippen LogP contribution in [0.15, 0.2) is 24.3 Å². The zero-order valence-corrected chi connectivity index (χ0v) is 9.78. The van der Waals surface area contributed by atoms with Crippen LogP contribution in [0.2, 0.25) is 5.02 Å². The summed E-state index contributed by atoms with van der Waals surface area (Å²) >= 11 is 5.80. The van der Waals surface area contributed by atoms with Crippen LogP contribution in [0.1, 0.15) is 6.92 Å². The number of rotatable bonds is 3. The zero-order valence-electron chi connectivity index (χ0n) is 9.03. The van der Waals surface area contributed by atoms with Gasteiger partial charge in [-0.2, -0.15) is 0 Å². The van der Waals surface area contributed by atoms with Crippen molar-refractivity contribution in [1.82, 2.24) is 4.90 Å². The van der Waals surface area contributed by atoms with Gasteiger partial charge in [-0.15, -0.1) is 0 Å². The number of ether oxygens (including phenoxy) is 1. The Labute approximate surface area is 94.6 Å². The fourth-order valence-corrected chi connectivity index (χ4v) is 1.34. The first-order chi connectivity index (χ1) is 7.00. The summed E-state index contributed by atoms with van der Waals surface area (Å²) in [7, 11) is 3.39. The van der Waals surface area contributed by atoms with Crippen molar-refractivity contribution < 1.29 is 9.53 Å². The maximum Gasteiger partial charge on any atom is 0.262 e. The molecule has 0 aliphatic heterocycles. The van der Waals surface area contributed by atoms with E-state index in [2.05, 4.69) is 0 Å². The number of likely N-dealkylation sites (N-methyl/N-ethyl adjacent to an activating group) is 1. The van der Waals surface area contributed by atoms with Crippen LogP contribution in [0.5, 0.6) is 5.75 Å². The monoisotopic (exact) mass is 227 g/mol. The van der Waals surface area contributed by atoms with E-state index in [0.717, 1.165) is 0 Å². The molecule has 15 heavy (non-hydrogen) atoms. The lowest BCUT2D eigenvalue weighted by molar-refractivity contribution is -0.135. The highest BCUT2D eigenvalue weighted by molar-refractivity contribution is 6.30. The number of halogens is 1. The summed E-state index contributed by atoms with van der Waals surface area (Å²) in [5.74, 6) is 0.528. The van der Waals surface area contributed by atoms with E-state index < -0.39 is 6.10 Å². The number of hydrogen-bond acceptors (Lipinski definition) is 2. The van der Waals surface area contributed by atoms with Gasteiger partial charge in [0.15, 0.2) is 6.10 Å². The highest BCUT2D eigenvalue weighted by Gasteiger charge is 2.16. The van der Waals surface area contributed by atoms with Gasteiger partial charge in [0.05, 0.1) is 0 Å². The summed E-state index contributed by atoms with van der Waals surface area (Å²) in [5.41, 5.74) is 0. The third-order valence-corrected chi connectivity index (χ3v) is 2.13. The minimum Gasteiger partial charge on any atom is -0.481 e. The molecule has 0 heterocycles. The lowest BCUT2D eigenvalue weighted by Crippen LogP contribution is -2.35. The molecule has 0 aliphatic rings. The summed E-state index contributed by atoms with van der Waals surface area (Å²) in [4.78, 5) is 13.0. The molecule has 0 unspecified atom stereocenters. The molecular formula is C11H14ClNO2. The molecule has 0 spiro atoms. The summed E-state index contributed by atoms with van der Waals surface area (Å²) < 4.78 is 5.44. The van der Waals surface area contributed by atoms with Crippen LogP contribution in [0.25, 0.3) is 0 Å². The maximum atomic E-state index is 11.5. The zero-order chi connectivity index (χ0) is 11.4. The molecule has 1 rings (SSSR count). The smallest absolute Gasteiger partial charge is 0.262 e. The molecule has 3 nitrogen and oxygen atoms in total. The maximum absolute atomic E-state index is 11.5. The molecule has 0 bridgehead atoms. The minimum atomic E-state index is -0.501. The van der Waals surface area contributed by atoms with Gasteiger partial charge in [-0.3, -0.25) is 4.79 Å². The van der Waals surface area contributed by atoms with Crippen LogP contribution < -0.4 is 4.74 Å². The van der Waals surface area contributed by atoms with Crippen molar-refractivity contribution in [1.29, 1.82) is 0 Å². The van der Waals surface area contributed by atoms with Gasteiger partial charge in [0.25, 0.3) is 5.91 Å². The van der Waals surface area contributed by atoms with E-state index in [0.29, 0.717) is 10.8 Å². The number of nitrogens with zero attached hydrogens (tertiary/aromatic N) is 1. The topological polar surface area (TPSA) is 29.5 Å². The molecular weight excluding hydrogens is 214 g/mol. The normalized spacial score (nSPS) is 12.0. The third-order valence-electron chi connectivity index (χ3n) is 1.90. The summed E-state index contributed by atoms with van der Waals surface area (Å²) in [6, 6.07) is 6.99. The fourth-order valence-electron chi connectivity index (χ4n) is 1.16. The summed E-state index contributed by atoms with van der Waals surface area (Å²) in [6.07, 6.45) is -0.501. The Bertz CT molecular complexity index is 352. The first-order valence-electron chi connectivity index (χ1n) is 4.64. The van der Waals surface area contributed by atoms with Crippen molar-refractivity contribution in [2.24, 2.45) is 0 Å². The van der Waals surface area contributed by atoms with Gasteiger partial charge < -0.3 is 9.64 Å². The number of carbonyl (C=O) groups is 1. The van der Waals surface area contributed by atoms with Gasteiger partial charge in [0, 0.05) is 19.1 Å². The van der Waals surface area contributed by atoms with E-state index in [1.165, 1.54) is 4.90 Å². The van der Waals surface area contributed by atoms with Crippen molar-refractivity contribution in [3.8, 4) is 5.75 Å². The molecule has 0 fully saturated rings. The first-order valence-corrected chi connectivity index (χ1v) is 5.02. The Morgan fingerprint density at radius 1 is 1.47 bits per heavy atom. The molecule has 0 N–H and O–H groups in total. The molecule has 82 valence electrons. The van der Waals surface area contributed by atoms with E-state index in [1.54, 1.807) is 45.3 Å². The Hall–Kier alpha value is -1.22. The largest absolute Gasteiger partial charge is 0.481 e. The first kappa shape index (κ1) is 11.9. The van der Waals surface area contributed by atoms with Crippen molar-refractivity contribution in [2.75, 3.05) is 14.1 Å². The summed E-state index contributed by atoms with van der Waals surface area (Å²) in [6.45, 7) is 1.71. The highest BCUT2D eigenvalue weighted by atomic mass is 35.5. The second-order valence-electron chi connectivity index (χ2n) is 3.45. The molecule has 0 saturated heterocycles. The molecule has 1 amide bonds. The Kier molecular flexibility index (Phi) is 3.97. The molecule has 0 radical (unpaired) electrons. The van der Waals surface area contributed by atoms with Crippen molar-refractivity contribution in [3.63, 3.8) is 0 Å². The van der Waals surface area contributed by atoms with E-state index in [-0.39, 0.29) is 5.91 Å². The Morgan fingerprint density at radius 2 is 2.13 bits per heavy atom. The Morgan fingerprint density at radius 3 is 2.67 bits per heavy atom. The van der Waals surface area contributed by atoms with Crippen LogP contribution >= 0.6 is 11.6 Å². The average Bonchev–Trinajstić information content (AvgIpc) is 2.16. The van der Waals surface area contributed by atoms with Gasteiger partial charge in [-0.05, 0) is 25.1 Å². The molecule has 4 heteroatoms. The van der Waals surface area contributed by atoms with Crippen LogP contribution in [0.3, 0.4) is 0 Å². The van der Waals surface area contributed by atoms with Gasteiger partial charge in [0.1, 0.15) is 5.75 Å². The number of carbonyl (C=O) groups excluding carboxylic acids is 1. The van der Waals surface area contributed by atoms with Crippen LogP contribution in [0.4, 0.5) is 0 Å². The van der Waals surface area contributed by atoms with Crippen molar-refractivity contribution in [3.05, 3.63) is 29.3 Å². The average molecular weight is 228 g/mol. The molecule has 0 aromatic heterocycles. The molecule has 0 aliphatic carbocycles. The van der Waals surface area contributed by atoms with E-state index in [1.807, 2.05) is 0 Å². The molecule has 1 aromatic carbocycles. The second-order valence-corrected chi connectivity index (χ2v) is 3.89. The van der Waals surface area contributed by atoms with Crippen LogP contribution in [-0.2, 0) is 4.79 Å². The third kappa shape index (κ3) is 3.44. The number of amides is 1. The minimum absolute atomic E-state index is 0.0741. The van der Waals surface area contributed by atoms with Gasteiger partial charge in [-0.25, -0.2) is 0 Å². The molecule has 0 saturated carbocycles. The predicted molar refractivity (Wildman–Crippen MR) is 60.2 cm³/mol. The SMILES string of the molecule is C[C@H](Oc1cccc(Cl)c1)C(=O)N(C)C. The van der Waals surface area contributed by atoms with E-state index in [4.69, 9.17) is 16.3 Å². The predicted octanol–water partition coefficient (Wildman–Crippen LogP) is 2.20. The fraction of sp³-hybridized carbons (Fsp3) is 0.364. The van der Waals surface area contributed by atoms with Gasteiger partial charge in [-0.1, -0.05) is 17.7 Å². The van der Waals surface area contributed by atoms with E-state index in [9.17, 15) is 4.79 Å². The molecule has 1 atom stereocenters. The highest BCUT2D eigenvalue weighted by Crippen LogP contribution is 2.18. The number of benzene rings is 1. The van der Waals surface area contributed by atoms with Gasteiger partial charge in [0.2, 0.25) is 0 Å². The van der Waals surface area contributed by atoms with Crippen molar-refractivity contribution in [2.45, 2.75) is 13.0 Å². The van der Waals surface area contributed by atoms with Crippen LogP contribution in [-0.4, -0.2) is 31.0 Å². The number of hydrogen-bond donors (Lipinski definition) is 0. The van der Waals surface area contributed by atoms with Crippen molar-refractivity contribution >= 4 is 17.5 Å².